The third kappa shape index (κ3) is 2.43. The lowest BCUT2D eigenvalue weighted by molar-refractivity contribution is -0.155. The van der Waals surface area contributed by atoms with Crippen molar-refractivity contribution in [1.82, 2.24) is 0 Å². The first kappa shape index (κ1) is 18.5. The van der Waals surface area contributed by atoms with Gasteiger partial charge in [0.05, 0.1) is 18.3 Å². The number of aliphatic hydroxyl groups is 3. The quantitative estimate of drug-likeness (QED) is 0.490. The number of allylic oxidation sites excluding steroid dienone is 1. The molecule has 4 unspecified atom stereocenters. The highest BCUT2D eigenvalue weighted by atomic mass is 16.6. The number of ether oxygens (including phenoxy) is 1. The Morgan fingerprint density at radius 2 is 1.85 bits per heavy atom. The van der Waals surface area contributed by atoms with Gasteiger partial charge in [-0.3, -0.25) is 4.79 Å². The van der Waals surface area contributed by atoms with Gasteiger partial charge in [-0.05, 0) is 72.7 Å². The lowest BCUT2D eigenvalue weighted by Gasteiger charge is -2.58. The predicted octanol–water partition coefficient (Wildman–Crippen LogP) is 2.18. The molecule has 3 saturated carbocycles. The first-order valence-corrected chi connectivity index (χ1v) is 10.1. The van der Waals surface area contributed by atoms with Gasteiger partial charge >= 0.3 is 5.97 Å². The monoisotopic (exact) mass is 364 g/mol. The van der Waals surface area contributed by atoms with Crippen LogP contribution < -0.4 is 0 Å². The summed E-state index contributed by atoms with van der Waals surface area (Å²) < 4.78 is 5.52. The van der Waals surface area contributed by atoms with Crippen molar-refractivity contribution in [2.45, 2.75) is 83.7 Å². The van der Waals surface area contributed by atoms with Crippen LogP contribution in [-0.4, -0.2) is 45.7 Å². The molecule has 0 saturated heterocycles. The minimum atomic E-state index is -0.631. The van der Waals surface area contributed by atoms with E-state index in [1.54, 1.807) is 0 Å². The minimum Gasteiger partial charge on any atom is -0.455 e. The summed E-state index contributed by atoms with van der Waals surface area (Å²) in [5.74, 6) is 0.852. The zero-order valence-corrected chi connectivity index (χ0v) is 16.0. The highest BCUT2D eigenvalue weighted by molar-refractivity contribution is 5.66. The molecule has 0 amide bonds. The van der Waals surface area contributed by atoms with E-state index in [2.05, 4.69) is 19.9 Å². The van der Waals surface area contributed by atoms with Crippen LogP contribution in [0.25, 0.3) is 0 Å². The molecule has 4 rings (SSSR count). The lowest BCUT2D eigenvalue weighted by atomic mass is 9.47. The molecule has 0 aromatic carbocycles. The number of hydrogen-bond acceptors (Lipinski definition) is 5. The Labute approximate surface area is 155 Å². The van der Waals surface area contributed by atoms with Gasteiger partial charge in [0.15, 0.2) is 0 Å². The third-order valence-corrected chi connectivity index (χ3v) is 8.41. The molecule has 0 aliphatic heterocycles. The summed E-state index contributed by atoms with van der Waals surface area (Å²) in [6, 6.07) is 0. The summed E-state index contributed by atoms with van der Waals surface area (Å²) in [5, 5.41) is 31.3. The summed E-state index contributed by atoms with van der Waals surface area (Å²) in [7, 11) is 0. The highest BCUT2D eigenvalue weighted by Crippen LogP contribution is 2.65. The van der Waals surface area contributed by atoms with Crippen molar-refractivity contribution in [2.24, 2.45) is 28.6 Å². The number of hydrogen-bond donors (Lipinski definition) is 3. The number of aliphatic hydroxyl groups excluding tert-OH is 3. The van der Waals surface area contributed by atoms with Crippen LogP contribution in [-0.2, 0) is 9.53 Å². The lowest BCUT2D eigenvalue weighted by Crippen LogP contribution is -2.54. The van der Waals surface area contributed by atoms with E-state index in [9.17, 15) is 20.1 Å². The Morgan fingerprint density at radius 1 is 1.12 bits per heavy atom. The van der Waals surface area contributed by atoms with Gasteiger partial charge in [-0.25, -0.2) is 0 Å². The zero-order chi connectivity index (χ0) is 18.9. The second-order valence-electron chi connectivity index (χ2n) is 9.62. The van der Waals surface area contributed by atoms with Crippen LogP contribution in [0.5, 0.6) is 0 Å². The molecule has 0 spiro atoms. The van der Waals surface area contributed by atoms with E-state index in [4.69, 9.17) is 4.74 Å². The van der Waals surface area contributed by atoms with Crippen molar-refractivity contribution in [1.29, 1.82) is 0 Å². The van der Waals surface area contributed by atoms with Crippen LogP contribution in [0.3, 0.4) is 0 Å². The Balaban J connectivity index is 1.69. The Hall–Kier alpha value is -0.910. The van der Waals surface area contributed by atoms with Gasteiger partial charge in [-0.2, -0.15) is 0 Å². The number of esters is 1. The maximum absolute atomic E-state index is 11.6. The smallest absolute Gasteiger partial charge is 0.303 e. The maximum Gasteiger partial charge on any atom is 0.303 e. The number of fused-ring (bicyclic) bond motifs is 5. The molecular weight excluding hydrogens is 332 g/mol. The highest BCUT2D eigenvalue weighted by Gasteiger charge is 2.61. The predicted molar refractivity (Wildman–Crippen MR) is 96.0 cm³/mol. The Morgan fingerprint density at radius 3 is 2.54 bits per heavy atom. The van der Waals surface area contributed by atoms with E-state index in [0.29, 0.717) is 30.6 Å². The maximum atomic E-state index is 11.6. The first-order chi connectivity index (χ1) is 12.2. The molecule has 5 heteroatoms. The summed E-state index contributed by atoms with van der Waals surface area (Å²) >= 11 is 0. The van der Waals surface area contributed by atoms with Gasteiger partial charge in [0.2, 0.25) is 0 Å². The largest absolute Gasteiger partial charge is 0.455 e. The molecule has 146 valence electrons. The topological polar surface area (TPSA) is 87.0 Å². The van der Waals surface area contributed by atoms with E-state index < -0.39 is 24.4 Å². The van der Waals surface area contributed by atoms with Crippen molar-refractivity contribution in [3.8, 4) is 0 Å². The molecule has 9 atom stereocenters. The molecule has 3 fully saturated rings. The molecule has 0 bridgehead atoms. The third-order valence-electron chi connectivity index (χ3n) is 8.41. The van der Waals surface area contributed by atoms with E-state index >= 15 is 0 Å². The van der Waals surface area contributed by atoms with E-state index in [1.165, 1.54) is 6.92 Å². The molecule has 26 heavy (non-hydrogen) atoms. The average molecular weight is 364 g/mol. The molecule has 0 heterocycles. The molecule has 5 nitrogen and oxygen atoms in total. The number of carbonyl (C=O) groups excluding carboxylic acids is 1. The zero-order valence-electron chi connectivity index (χ0n) is 16.0. The average Bonchev–Trinajstić information content (AvgIpc) is 2.81. The SMILES string of the molecule is CC(=O)OC1C2=CC[C@@H]3[C@@H](CC[C@]4(C)C(O)C(O)C[C@@H]34)[C@@]2(C)CCC1O. The standard InChI is InChI=1S/C21H32O5/c1-11(22)26-18-14-5-4-12-13(20(14,2)9-7-16(18)23)6-8-21(3)15(12)10-17(24)19(21)25/h5,12-13,15-19,23-25H,4,6-10H2,1-3H3/t12-,13-,15+,16?,17?,18?,19?,20-,21+/m1/s1. The van der Waals surface area contributed by atoms with Crippen LogP contribution >= 0.6 is 0 Å². The molecule has 0 aromatic heterocycles. The number of rotatable bonds is 1. The fraction of sp³-hybridized carbons (Fsp3) is 0.857. The molecule has 0 aromatic rings. The van der Waals surface area contributed by atoms with Crippen molar-refractivity contribution in [3.63, 3.8) is 0 Å². The first-order valence-electron chi connectivity index (χ1n) is 10.1. The van der Waals surface area contributed by atoms with E-state index in [-0.39, 0.29) is 16.8 Å². The fourth-order valence-electron chi connectivity index (χ4n) is 7.00. The van der Waals surface area contributed by atoms with Crippen molar-refractivity contribution < 1.29 is 24.9 Å². The fourth-order valence-corrected chi connectivity index (χ4v) is 7.00. The van der Waals surface area contributed by atoms with Gasteiger partial charge in [-0.1, -0.05) is 19.9 Å². The normalized spacial score (nSPS) is 53.2. The molecule has 3 N–H and O–H groups in total. The van der Waals surface area contributed by atoms with Crippen LogP contribution in [0.15, 0.2) is 11.6 Å². The molecule has 0 radical (unpaired) electrons. The van der Waals surface area contributed by atoms with Gasteiger partial charge in [0.1, 0.15) is 6.10 Å². The van der Waals surface area contributed by atoms with Crippen molar-refractivity contribution in [3.05, 3.63) is 11.6 Å². The number of carbonyl (C=O) groups is 1. The van der Waals surface area contributed by atoms with Crippen LogP contribution in [0.2, 0.25) is 0 Å². The van der Waals surface area contributed by atoms with Crippen molar-refractivity contribution in [2.75, 3.05) is 0 Å². The Bertz CT molecular complexity index is 630. The van der Waals surface area contributed by atoms with E-state index in [1.807, 2.05) is 0 Å². The van der Waals surface area contributed by atoms with Crippen molar-refractivity contribution >= 4 is 5.97 Å². The molecule has 4 aliphatic rings. The molecule has 4 aliphatic carbocycles. The van der Waals surface area contributed by atoms with Crippen LogP contribution in [0, 0.1) is 28.6 Å². The minimum absolute atomic E-state index is 0.0813. The Kier molecular flexibility index (Phi) is 4.29. The second kappa shape index (κ2) is 6.05. The van der Waals surface area contributed by atoms with Gasteiger partial charge in [0.25, 0.3) is 0 Å². The molecular formula is C21H32O5. The van der Waals surface area contributed by atoms with Gasteiger partial charge < -0.3 is 20.1 Å². The summed E-state index contributed by atoms with van der Waals surface area (Å²) in [6.45, 7) is 5.81. The summed E-state index contributed by atoms with van der Waals surface area (Å²) in [5.41, 5.74) is 0.809. The van der Waals surface area contributed by atoms with Gasteiger partial charge in [0, 0.05) is 6.92 Å². The van der Waals surface area contributed by atoms with Crippen LogP contribution in [0.1, 0.15) is 59.3 Å². The summed E-state index contributed by atoms with van der Waals surface area (Å²) in [6.07, 6.45) is 4.80. The van der Waals surface area contributed by atoms with Crippen LogP contribution in [0.4, 0.5) is 0 Å². The second-order valence-corrected chi connectivity index (χ2v) is 9.62. The summed E-state index contributed by atoms with van der Waals surface area (Å²) in [4.78, 5) is 11.6. The van der Waals surface area contributed by atoms with E-state index in [0.717, 1.165) is 31.3 Å². The van der Waals surface area contributed by atoms with Gasteiger partial charge in [-0.15, -0.1) is 0 Å².